The second kappa shape index (κ2) is 6.63. The van der Waals surface area contributed by atoms with E-state index in [-0.39, 0.29) is 11.8 Å². The average molecular weight is 335 g/mol. The summed E-state index contributed by atoms with van der Waals surface area (Å²) in [5.74, 6) is 1.03. The lowest BCUT2D eigenvalue weighted by Gasteiger charge is -2.25. The zero-order chi connectivity index (χ0) is 17.2. The van der Waals surface area contributed by atoms with Crippen LogP contribution in [0.3, 0.4) is 0 Å². The fourth-order valence-corrected chi connectivity index (χ4v) is 3.59. The Kier molecular flexibility index (Phi) is 4.17. The first kappa shape index (κ1) is 15.7. The quantitative estimate of drug-likeness (QED) is 0.671. The molecule has 3 aromatic rings. The molecule has 25 heavy (non-hydrogen) atoms. The Bertz CT molecular complexity index is 889. The van der Waals surface area contributed by atoms with Crippen LogP contribution in [0.25, 0.3) is 11.2 Å². The molecule has 0 aliphatic carbocycles. The van der Waals surface area contributed by atoms with Gasteiger partial charge in [0.2, 0.25) is 0 Å². The van der Waals surface area contributed by atoms with E-state index in [1.807, 2.05) is 41.2 Å². The molecule has 0 N–H and O–H groups in total. The van der Waals surface area contributed by atoms with Gasteiger partial charge in [0, 0.05) is 31.1 Å². The molecule has 6 heteroatoms. The predicted octanol–water partition coefficient (Wildman–Crippen LogP) is 3.09. The Morgan fingerprint density at radius 2 is 2.04 bits per heavy atom. The van der Waals surface area contributed by atoms with Crippen LogP contribution in [0.2, 0.25) is 0 Å². The minimum Gasteiger partial charge on any atom is -0.351 e. The van der Waals surface area contributed by atoms with E-state index in [4.69, 9.17) is 0 Å². The molecule has 1 aromatic carbocycles. The molecule has 6 nitrogen and oxygen atoms in total. The summed E-state index contributed by atoms with van der Waals surface area (Å²) in [6.45, 7) is 3.79. The third-order valence-corrected chi connectivity index (χ3v) is 4.89. The molecule has 3 heterocycles. The molecule has 1 saturated heterocycles. The van der Waals surface area contributed by atoms with Gasteiger partial charge < -0.3 is 9.47 Å². The van der Waals surface area contributed by atoms with Crippen molar-refractivity contribution >= 4 is 22.8 Å². The number of nitrogens with zero attached hydrogens (tertiary/aromatic N) is 5. The first-order valence-electron chi connectivity index (χ1n) is 8.78. The monoisotopic (exact) mass is 335 g/mol. The van der Waals surface area contributed by atoms with E-state index in [0.717, 1.165) is 48.5 Å². The highest BCUT2D eigenvalue weighted by Crippen LogP contribution is 2.30. The van der Waals surface area contributed by atoms with E-state index < -0.39 is 0 Å². The third kappa shape index (κ3) is 2.88. The number of fused-ring (bicyclic) bond motifs is 1. The first-order valence-corrected chi connectivity index (χ1v) is 8.78. The van der Waals surface area contributed by atoms with Gasteiger partial charge >= 0.3 is 0 Å². The Morgan fingerprint density at radius 1 is 1.20 bits per heavy atom. The normalized spacial score (nSPS) is 17.3. The van der Waals surface area contributed by atoms with Crippen LogP contribution in [-0.2, 0) is 6.54 Å². The number of anilines is 1. The topological polar surface area (TPSA) is 63.9 Å². The molecule has 1 atom stereocenters. The molecular weight excluding hydrogens is 314 g/mol. The third-order valence-electron chi connectivity index (χ3n) is 4.89. The number of hydrogen-bond acceptors (Lipinski definition) is 5. The Morgan fingerprint density at radius 3 is 2.84 bits per heavy atom. The Labute approximate surface area is 146 Å². The average Bonchev–Trinajstić information content (AvgIpc) is 3.28. The van der Waals surface area contributed by atoms with Crippen molar-refractivity contribution in [3.63, 3.8) is 0 Å². The molecule has 0 saturated carbocycles. The van der Waals surface area contributed by atoms with Crippen molar-refractivity contribution in [2.45, 2.75) is 38.8 Å². The minimum atomic E-state index is 0.164. The number of rotatable bonds is 5. The second-order valence-electron chi connectivity index (χ2n) is 6.38. The Balaban J connectivity index is 1.62. The molecule has 0 unspecified atom stereocenters. The molecule has 0 amide bonds. The summed E-state index contributed by atoms with van der Waals surface area (Å²) in [7, 11) is 0. The number of ketones is 1. The van der Waals surface area contributed by atoms with E-state index >= 15 is 0 Å². The number of carbonyl (C=O) groups is 1. The van der Waals surface area contributed by atoms with E-state index in [9.17, 15) is 4.79 Å². The van der Waals surface area contributed by atoms with Crippen molar-refractivity contribution < 1.29 is 4.79 Å². The van der Waals surface area contributed by atoms with E-state index in [2.05, 4.69) is 26.8 Å². The number of aromatic nitrogens is 4. The maximum atomic E-state index is 12.6. The van der Waals surface area contributed by atoms with Crippen molar-refractivity contribution in [3.05, 3.63) is 48.5 Å². The predicted molar refractivity (Wildman–Crippen MR) is 96.8 cm³/mol. The largest absolute Gasteiger partial charge is 0.351 e. The molecule has 4 rings (SSSR count). The van der Waals surface area contributed by atoms with Crippen LogP contribution < -0.4 is 4.90 Å². The molecule has 0 spiro atoms. The van der Waals surface area contributed by atoms with Crippen molar-refractivity contribution in [1.29, 1.82) is 0 Å². The highest BCUT2D eigenvalue weighted by molar-refractivity contribution is 5.96. The van der Waals surface area contributed by atoms with Gasteiger partial charge in [-0.3, -0.25) is 4.79 Å². The Hall–Kier alpha value is -2.76. The van der Waals surface area contributed by atoms with Crippen molar-refractivity contribution in [3.8, 4) is 0 Å². The van der Waals surface area contributed by atoms with Crippen molar-refractivity contribution in [1.82, 2.24) is 19.5 Å². The minimum absolute atomic E-state index is 0.164. The van der Waals surface area contributed by atoms with Gasteiger partial charge in [0.05, 0.1) is 6.33 Å². The van der Waals surface area contributed by atoms with Crippen molar-refractivity contribution in [2.24, 2.45) is 0 Å². The molecule has 0 bridgehead atoms. The first-order chi connectivity index (χ1) is 12.3. The van der Waals surface area contributed by atoms with E-state index in [0.29, 0.717) is 6.42 Å². The highest BCUT2D eigenvalue weighted by atomic mass is 16.1. The van der Waals surface area contributed by atoms with Crippen LogP contribution in [0.4, 0.5) is 5.82 Å². The maximum absolute atomic E-state index is 12.6. The molecular formula is C19H21N5O. The number of carbonyl (C=O) groups excluding carboxylic acids is 1. The number of benzene rings is 1. The molecule has 1 aliphatic rings. The van der Waals surface area contributed by atoms with Crippen LogP contribution in [0, 0.1) is 0 Å². The second-order valence-corrected chi connectivity index (χ2v) is 6.38. The fourth-order valence-electron chi connectivity index (χ4n) is 3.59. The lowest BCUT2D eigenvalue weighted by atomic mass is 10.0. The van der Waals surface area contributed by atoms with Crippen molar-refractivity contribution in [2.75, 3.05) is 11.4 Å². The maximum Gasteiger partial charge on any atom is 0.165 e. The van der Waals surface area contributed by atoms with Gasteiger partial charge in [-0.2, -0.15) is 0 Å². The zero-order valence-corrected chi connectivity index (χ0v) is 14.3. The molecule has 1 fully saturated rings. The van der Waals surface area contributed by atoms with E-state index in [1.54, 1.807) is 6.33 Å². The van der Waals surface area contributed by atoms with Gasteiger partial charge in [0.15, 0.2) is 22.8 Å². The summed E-state index contributed by atoms with van der Waals surface area (Å²) >= 11 is 0. The smallest absolute Gasteiger partial charge is 0.165 e. The van der Waals surface area contributed by atoms with Gasteiger partial charge in [-0.05, 0) is 19.8 Å². The van der Waals surface area contributed by atoms with Gasteiger partial charge in [0.25, 0.3) is 0 Å². The van der Waals surface area contributed by atoms with E-state index in [1.165, 1.54) is 0 Å². The van der Waals surface area contributed by atoms with Crippen LogP contribution in [0.15, 0.2) is 43.0 Å². The summed E-state index contributed by atoms with van der Waals surface area (Å²) in [5, 5.41) is 0. The van der Waals surface area contributed by atoms with Gasteiger partial charge in [-0.1, -0.05) is 30.3 Å². The number of imidazole rings is 1. The lowest BCUT2D eigenvalue weighted by Crippen LogP contribution is -2.32. The summed E-state index contributed by atoms with van der Waals surface area (Å²) < 4.78 is 2.01. The summed E-state index contributed by atoms with van der Waals surface area (Å²) in [4.78, 5) is 28.2. The number of hydrogen-bond donors (Lipinski definition) is 0. The molecule has 1 aliphatic heterocycles. The SMILES string of the molecule is CCn1cnc2c(N3CCC[C@H]3CC(=O)c3ccccc3)ncnc21. The zero-order valence-electron chi connectivity index (χ0n) is 14.3. The molecule has 128 valence electrons. The van der Waals surface area contributed by atoms with Gasteiger partial charge in [-0.25, -0.2) is 15.0 Å². The van der Waals surface area contributed by atoms with Crippen LogP contribution in [0.5, 0.6) is 0 Å². The van der Waals surface area contributed by atoms with Crippen LogP contribution in [-0.4, -0.2) is 37.9 Å². The summed E-state index contributed by atoms with van der Waals surface area (Å²) in [6.07, 6.45) is 5.97. The summed E-state index contributed by atoms with van der Waals surface area (Å²) in [5.41, 5.74) is 2.45. The lowest BCUT2D eigenvalue weighted by molar-refractivity contribution is 0.0974. The van der Waals surface area contributed by atoms with Crippen LogP contribution >= 0.6 is 0 Å². The standard InChI is InChI=1S/C19H21N5O/c1-2-23-13-22-17-18(23)20-12-21-19(17)24-10-6-9-15(24)11-16(25)14-7-4-3-5-8-14/h3-5,7-8,12-13,15H,2,6,9-11H2,1H3/t15-/m0/s1. The number of aryl methyl sites for hydroxylation is 1. The fraction of sp³-hybridized carbons (Fsp3) is 0.368. The molecule has 2 aromatic heterocycles. The molecule has 0 radical (unpaired) electrons. The highest BCUT2D eigenvalue weighted by Gasteiger charge is 2.30. The van der Waals surface area contributed by atoms with Gasteiger partial charge in [-0.15, -0.1) is 0 Å². The summed E-state index contributed by atoms with van der Waals surface area (Å²) in [6, 6.07) is 9.68. The van der Waals surface area contributed by atoms with Gasteiger partial charge in [0.1, 0.15) is 6.33 Å². The van der Waals surface area contributed by atoms with Crippen LogP contribution in [0.1, 0.15) is 36.5 Å². The number of Topliss-reactive ketones (excluding diaryl/α,β-unsaturated/α-hetero) is 1.